The number of aryl methyl sites for hydroxylation is 1. The first kappa shape index (κ1) is 16.5. The van der Waals surface area contributed by atoms with E-state index in [1.54, 1.807) is 17.1 Å². The minimum absolute atomic E-state index is 0.0563. The molecule has 0 spiro atoms. The Morgan fingerprint density at radius 3 is 2.69 bits per heavy atom. The summed E-state index contributed by atoms with van der Waals surface area (Å²) in [5.41, 5.74) is 4.13. The Kier molecular flexibility index (Phi) is 4.29. The van der Waals surface area contributed by atoms with Crippen molar-refractivity contribution < 1.29 is 4.79 Å². The normalized spacial score (nSPS) is 16.8. The number of hydrogen-bond acceptors (Lipinski definition) is 3. The molecule has 1 aromatic carbocycles. The molecule has 0 radical (unpaired) electrons. The van der Waals surface area contributed by atoms with Crippen LogP contribution in [0.5, 0.6) is 0 Å². The van der Waals surface area contributed by atoms with Gasteiger partial charge in [0.05, 0.1) is 17.5 Å². The molecule has 5 nitrogen and oxygen atoms in total. The Bertz CT molecular complexity index is 932. The van der Waals surface area contributed by atoms with E-state index in [-0.39, 0.29) is 5.91 Å². The quantitative estimate of drug-likeness (QED) is 0.729. The number of benzene rings is 1. The molecule has 0 saturated carbocycles. The van der Waals surface area contributed by atoms with E-state index >= 15 is 0 Å². The third kappa shape index (κ3) is 2.90. The minimum Gasteiger partial charge on any atom is -0.338 e. The minimum atomic E-state index is 0.0563. The molecule has 1 amide bonds. The van der Waals surface area contributed by atoms with Gasteiger partial charge in [-0.05, 0) is 43.5 Å². The molecule has 1 saturated heterocycles. The maximum atomic E-state index is 13.0. The Morgan fingerprint density at radius 2 is 1.92 bits per heavy atom. The first-order valence-corrected chi connectivity index (χ1v) is 8.96. The van der Waals surface area contributed by atoms with Gasteiger partial charge in [-0.2, -0.15) is 5.10 Å². The van der Waals surface area contributed by atoms with Crippen molar-refractivity contribution in [1.82, 2.24) is 19.7 Å². The Hall–Kier alpha value is -2.95. The number of likely N-dealkylation sites (tertiary alicyclic amines) is 1. The molecule has 0 aliphatic carbocycles. The highest BCUT2D eigenvalue weighted by Crippen LogP contribution is 2.30. The smallest absolute Gasteiger partial charge is 0.257 e. The summed E-state index contributed by atoms with van der Waals surface area (Å²) in [6.07, 6.45) is 4.39. The number of amides is 1. The van der Waals surface area contributed by atoms with Crippen LogP contribution in [0.3, 0.4) is 0 Å². The molecule has 1 atom stereocenters. The van der Waals surface area contributed by atoms with Crippen LogP contribution in [-0.4, -0.2) is 38.7 Å². The van der Waals surface area contributed by atoms with E-state index in [1.807, 2.05) is 30.0 Å². The van der Waals surface area contributed by atoms with Gasteiger partial charge in [-0.25, -0.2) is 9.67 Å². The average Bonchev–Trinajstić information content (AvgIpc) is 3.29. The molecule has 2 aromatic heterocycles. The summed E-state index contributed by atoms with van der Waals surface area (Å²) in [5.74, 6) is 1.19. The van der Waals surface area contributed by atoms with Crippen LogP contribution in [0.15, 0.2) is 54.9 Å². The number of hydrogen-bond donors (Lipinski definition) is 0. The number of pyridine rings is 1. The monoisotopic (exact) mass is 346 g/mol. The molecule has 1 aliphatic heterocycles. The summed E-state index contributed by atoms with van der Waals surface area (Å²) >= 11 is 0. The van der Waals surface area contributed by atoms with E-state index in [0.29, 0.717) is 11.5 Å². The molecule has 26 heavy (non-hydrogen) atoms. The molecule has 5 heteroatoms. The number of rotatable bonds is 3. The van der Waals surface area contributed by atoms with Crippen molar-refractivity contribution >= 4 is 5.91 Å². The summed E-state index contributed by atoms with van der Waals surface area (Å²) < 4.78 is 1.72. The van der Waals surface area contributed by atoms with Gasteiger partial charge < -0.3 is 4.90 Å². The molecule has 0 N–H and O–H groups in total. The van der Waals surface area contributed by atoms with Crippen molar-refractivity contribution in [2.75, 3.05) is 13.1 Å². The van der Waals surface area contributed by atoms with Gasteiger partial charge in [0.2, 0.25) is 0 Å². The van der Waals surface area contributed by atoms with Crippen molar-refractivity contribution in [1.29, 1.82) is 0 Å². The largest absolute Gasteiger partial charge is 0.338 e. The van der Waals surface area contributed by atoms with E-state index in [4.69, 9.17) is 0 Å². The van der Waals surface area contributed by atoms with Gasteiger partial charge in [0.1, 0.15) is 0 Å². The zero-order valence-corrected chi connectivity index (χ0v) is 15.1. The van der Waals surface area contributed by atoms with Crippen molar-refractivity contribution in [2.24, 2.45) is 0 Å². The highest BCUT2D eigenvalue weighted by molar-refractivity contribution is 5.95. The third-order valence-electron chi connectivity index (χ3n) is 5.21. The zero-order chi connectivity index (χ0) is 18.1. The molecule has 3 heterocycles. The second-order valence-corrected chi connectivity index (χ2v) is 6.84. The van der Waals surface area contributed by atoms with Gasteiger partial charge in [-0.15, -0.1) is 0 Å². The van der Waals surface area contributed by atoms with Crippen molar-refractivity contribution in [3.63, 3.8) is 0 Å². The predicted molar refractivity (Wildman–Crippen MR) is 101 cm³/mol. The van der Waals surface area contributed by atoms with Crippen LogP contribution in [0.25, 0.3) is 5.82 Å². The average molecular weight is 346 g/mol. The molecule has 1 fully saturated rings. The number of carbonyl (C=O) groups excluding carboxylic acids is 1. The first-order chi connectivity index (χ1) is 12.6. The number of nitrogens with zero attached hydrogens (tertiary/aromatic N) is 4. The Balaban J connectivity index is 1.54. The highest BCUT2D eigenvalue weighted by atomic mass is 16.2. The van der Waals surface area contributed by atoms with E-state index in [9.17, 15) is 4.79 Å². The lowest BCUT2D eigenvalue weighted by Crippen LogP contribution is -2.29. The molecule has 0 bridgehead atoms. The lowest BCUT2D eigenvalue weighted by Gasteiger charge is -2.17. The fourth-order valence-electron chi connectivity index (χ4n) is 3.74. The fraction of sp³-hybridized carbons (Fsp3) is 0.286. The SMILES string of the molecule is Cc1ccccc1[C@H]1CCN(C(=O)c2cnn(-c3ccccn3)c2C)C1. The Labute approximate surface area is 153 Å². The summed E-state index contributed by atoms with van der Waals surface area (Å²) in [6, 6.07) is 14.1. The van der Waals surface area contributed by atoms with Gasteiger partial charge in [-0.1, -0.05) is 30.3 Å². The maximum absolute atomic E-state index is 13.0. The van der Waals surface area contributed by atoms with Crippen LogP contribution in [0.2, 0.25) is 0 Å². The molecule has 4 rings (SSSR count). The Morgan fingerprint density at radius 1 is 1.12 bits per heavy atom. The standard InChI is InChI=1S/C21H22N4O/c1-15-7-3-4-8-18(15)17-10-12-24(14-17)21(26)19-13-23-25(16(19)2)20-9-5-6-11-22-20/h3-9,11,13,17H,10,12,14H2,1-2H3/t17-/m0/s1. The van der Waals surface area contributed by atoms with Gasteiger partial charge in [0, 0.05) is 25.2 Å². The van der Waals surface area contributed by atoms with Crippen LogP contribution in [0, 0.1) is 13.8 Å². The van der Waals surface area contributed by atoms with E-state index in [1.165, 1.54) is 11.1 Å². The maximum Gasteiger partial charge on any atom is 0.257 e. The summed E-state index contributed by atoms with van der Waals surface area (Å²) in [7, 11) is 0. The predicted octanol–water partition coefficient (Wildman–Crippen LogP) is 3.51. The molecular formula is C21H22N4O. The van der Waals surface area contributed by atoms with Crippen LogP contribution in [0.4, 0.5) is 0 Å². The van der Waals surface area contributed by atoms with Gasteiger partial charge in [-0.3, -0.25) is 4.79 Å². The lowest BCUT2D eigenvalue weighted by atomic mass is 9.94. The second-order valence-electron chi connectivity index (χ2n) is 6.84. The van der Waals surface area contributed by atoms with Crippen molar-refractivity contribution in [2.45, 2.75) is 26.2 Å². The van der Waals surface area contributed by atoms with Crippen LogP contribution < -0.4 is 0 Å². The fourth-order valence-corrected chi connectivity index (χ4v) is 3.74. The van der Waals surface area contributed by atoms with Crippen molar-refractivity contribution in [3.8, 4) is 5.82 Å². The van der Waals surface area contributed by atoms with Crippen LogP contribution in [0.1, 0.15) is 39.5 Å². The first-order valence-electron chi connectivity index (χ1n) is 8.96. The van der Waals surface area contributed by atoms with E-state index in [2.05, 4.69) is 41.3 Å². The zero-order valence-electron chi connectivity index (χ0n) is 15.1. The van der Waals surface area contributed by atoms with Gasteiger partial charge >= 0.3 is 0 Å². The van der Waals surface area contributed by atoms with Gasteiger partial charge in [0.25, 0.3) is 5.91 Å². The second kappa shape index (κ2) is 6.75. The van der Waals surface area contributed by atoms with E-state index in [0.717, 1.165) is 31.0 Å². The number of carbonyl (C=O) groups is 1. The van der Waals surface area contributed by atoms with Crippen LogP contribution >= 0.6 is 0 Å². The topological polar surface area (TPSA) is 51.0 Å². The molecule has 1 aliphatic rings. The molecular weight excluding hydrogens is 324 g/mol. The van der Waals surface area contributed by atoms with Gasteiger partial charge in [0.15, 0.2) is 5.82 Å². The number of aromatic nitrogens is 3. The molecule has 3 aromatic rings. The van der Waals surface area contributed by atoms with E-state index < -0.39 is 0 Å². The summed E-state index contributed by atoms with van der Waals surface area (Å²) in [4.78, 5) is 19.3. The van der Waals surface area contributed by atoms with Crippen molar-refractivity contribution in [3.05, 3.63) is 77.2 Å². The van der Waals surface area contributed by atoms with Crippen LogP contribution in [-0.2, 0) is 0 Å². The molecule has 0 unspecified atom stereocenters. The highest BCUT2D eigenvalue weighted by Gasteiger charge is 2.30. The third-order valence-corrected chi connectivity index (χ3v) is 5.21. The molecule has 132 valence electrons. The summed E-state index contributed by atoms with van der Waals surface area (Å²) in [5, 5.41) is 4.38. The summed E-state index contributed by atoms with van der Waals surface area (Å²) in [6.45, 7) is 5.61. The lowest BCUT2D eigenvalue weighted by molar-refractivity contribution is 0.0790.